The second-order valence-electron chi connectivity index (χ2n) is 8.93. The molecule has 0 unspecified atom stereocenters. The Balaban J connectivity index is 1.52. The molecule has 32 heavy (non-hydrogen) atoms. The van der Waals surface area contributed by atoms with Gasteiger partial charge in [-0.25, -0.2) is 4.68 Å². The average Bonchev–Trinajstić information content (AvgIpc) is 3.15. The average molecular weight is 469 g/mol. The first-order valence-electron chi connectivity index (χ1n) is 11.5. The summed E-state index contributed by atoms with van der Waals surface area (Å²) >= 11 is 12.1. The van der Waals surface area contributed by atoms with Gasteiger partial charge in [0.1, 0.15) is 5.75 Å². The Morgan fingerprint density at radius 3 is 2.56 bits per heavy atom. The van der Waals surface area contributed by atoms with Gasteiger partial charge in [-0.1, -0.05) is 43.0 Å². The second-order valence-corrected chi connectivity index (χ2v) is 9.73. The number of rotatable bonds is 5. The monoisotopic (exact) mass is 468 g/mol. The number of benzene rings is 2. The van der Waals surface area contributed by atoms with E-state index in [2.05, 4.69) is 4.90 Å². The van der Waals surface area contributed by atoms with Gasteiger partial charge in [0.05, 0.1) is 25.0 Å². The molecule has 1 aliphatic heterocycles. The number of aromatic nitrogens is 3. The quantitative estimate of drug-likeness (QED) is 0.417. The van der Waals surface area contributed by atoms with Crippen LogP contribution >= 0.6 is 23.8 Å². The zero-order valence-electron chi connectivity index (χ0n) is 18.4. The topological polar surface area (TPSA) is 35.2 Å². The Bertz CT molecular complexity index is 1140. The predicted molar refractivity (Wildman–Crippen MR) is 131 cm³/mol. The molecule has 5 rings (SSSR count). The molecule has 2 aliphatic rings. The number of methoxy groups -OCH3 is 1. The number of hydrogen-bond acceptors (Lipinski definition) is 4. The minimum Gasteiger partial charge on any atom is -0.496 e. The van der Waals surface area contributed by atoms with E-state index < -0.39 is 0 Å². The second kappa shape index (κ2) is 9.38. The van der Waals surface area contributed by atoms with Crippen LogP contribution in [0, 0.1) is 16.6 Å². The fourth-order valence-electron chi connectivity index (χ4n) is 5.32. The molecule has 1 saturated carbocycles. The van der Waals surface area contributed by atoms with Gasteiger partial charge < -0.3 is 4.74 Å². The van der Waals surface area contributed by atoms with Crippen molar-refractivity contribution in [2.75, 3.05) is 20.2 Å². The van der Waals surface area contributed by atoms with Crippen molar-refractivity contribution >= 4 is 23.8 Å². The molecule has 2 aromatic carbocycles. The molecular weight excluding hydrogens is 440 g/mol. The molecule has 0 radical (unpaired) electrons. The number of halogens is 1. The molecule has 2 fully saturated rings. The maximum absolute atomic E-state index is 6.15. The summed E-state index contributed by atoms with van der Waals surface area (Å²) in [5.41, 5.74) is 1.86. The van der Waals surface area contributed by atoms with Crippen LogP contribution in [0.4, 0.5) is 0 Å². The minimum absolute atomic E-state index is 0.680. The number of likely N-dealkylation sites (tertiary alicyclic amines) is 1. The number of fused-ring (bicyclic) bond motifs is 1. The zero-order chi connectivity index (χ0) is 22.1. The Labute approximate surface area is 199 Å². The summed E-state index contributed by atoms with van der Waals surface area (Å²) in [6.45, 7) is 2.97. The van der Waals surface area contributed by atoms with Gasteiger partial charge in [0.2, 0.25) is 4.77 Å². The van der Waals surface area contributed by atoms with E-state index in [4.69, 9.17) is 33.7 Å². The summed E-state index contributed by atoms with van der Waals surface area (Å²) in [7, 11) is 1.69. The molecule has 5 nitrogen and oxygen atoms in total. The summed E-state index contributed by atoms with van der Waals surface area (Å²) in [6.07, 6.45) is 6.83. The van der Waals surface area contributed by atoms with Crippen molar-refractivity contribution in [3.63, 3.8) is 0 Å². The number of nitrogens with zero attached hydrogens (tertiary/aromatic N) is 4. The summed E-state index contributed by atoms with van der Waals surface area (Å²) in [4.78, 5) is 2.52. The van der Waals surface area contributed by atoms with E-state index in [1.807, 2.05) is 57.8 Å². The molecule has 1 saturated heterocycles. The van der Waals surface area contributed by atoms with Crippen LogP contribution in [0.1, 0.15) is 32.1 Å². The fourth-order valence-corrected chi connectivity index (χ4v) is 5.74. The number of para-hydroxylation sites is 1. The van der Waals surface area contributed by atoms with Crippen molar-refractivity contribution in [2.45, 2.75) is 38.8 Å². The normalized spacial score (nSPS) is 21.3. The van der Waals surface area contributed by atoms with Crippen LogP contribution < -0.4 is 4.74 Å². The highest BCUT2D eigenvalue weighted by Gasteiger charge is 2.31. The van der Waals surface area contributed by atoms with E-state index in [1.165, 1.54) is 32.1 Å². The minimum atomic E-state index is 0.680. The van der Waals surface area contributed by atoms with Crippen molar-refractivity contribution in [2.24, 2.45) is 11.8 Å². The first-order valence-corrected chi connectivity index (χ1v) is 12.2. The lowest BCUT2D eigenvalue weighted by molar-refractivity contribution is 0.0625. The van der Waals surface area contributed by atoms with Gasteiger partial charge >= 0.3 is 0 Å². The highest BCUT2D eigenvalue weighted by atomic mass is 35.5. The summed E-state index contributed by atoms with van der Waals surface area (Å²) < 4.78 is 10.3. The lowest BCUT2D eigenvalue weighted by Crippen LogP contribution is -2.42. The molecule has 0 bridgehead atoms. The standard InChI is InChI=1S/C25H29ClN4OS/c1-31-23-9-5-4-8-22(23)24-27-29(25(32)30(24)21-12-10-20(26)11-13-21)17-28-15-14-18-6-2-3-7-19(18)16-28/h4-5,8-13,18-19H,2-3,6-7,14-17H2,1H3/t18-,19-/m1/s1. The zero-order valence-corrected chi connectivity index (χ0v) is 20.0. The lowest BCUT2D eigenvalue weighted by atomic mass is 9.75. The van der Waals surface area contributed by atoms with Crippen molar-refractivity contribution in [1.82, 2.24) is 19.2 Å². The Kier molecular flexibility index (Phi) is 6.35. The Morgan fingerprint density at radius 1 is 1.03 bits per heavy atom. The van der Waals surface area contributed by atoms with Gasteiger partial charge in [0.25, 0.3) is 0 Å². The molecule has 0 N–H and O–H groups in total. The Morgan fingerprint density at radius 2 is 1.78 bits per heavy atom. The molecule has 2 atom stereocenters. The molecule has 2 heterocycles. The molecule has 1 aromatic heterocycles. The molecular formula is C25H29ClN4OS. The molecule has 168 valence electrons. The third-order valence-corrected chi connectivity index (χ3v) is 7.63. The van der Waals surface area contributed by atoms with E-state index in [0.29, 0.717) is 16.5 Å². The molecule has 1 aliphatic carbocycles. The number of ether oxygens (including phenoxy) is 1. The first kappa shape index (κ1) is 21.7. The summed E-state index contributed by atoms with van der Waals surface area (Å²) in [5.74, 6) is 3.28. The Hall–Kier alpha value is -2.15. The van der Waals surface area contributed by atoms with Crippen LogP contribution in [0.25, 0.3) is 17.1 Å². The summed E-state index contributed by atoms with van der Waals surface area (Å²) in [5, 5.41) is 5.70. The van der Waals surface area contributed by atoms with Crippen LogP contribution in [0.5, 0.6) is 5.75 Å². The highest BCUT2D eigenvalue weighted by molar-refractivity contribution is 7.71. The van der Waals surface area contributed by atoms with Gasteiger partial charge in [-0.2, -0.15) is 0 Å². The van der Waals surface area contributed by atoms with E-state index in [-0.39, 0.29) is 0 Å². The number of hydrogen-bond donors (Lipinski definition) is 0. The highest BCUT2D eigenvalue weighted by Crippen LogP contribution is 2.36. The van der Waals surface area contributed by atoms with Crippen LogP contribution in [-0.4, -0.2) is 39.4 Å². The van der Waals surface area contributed by atoms with Gasteiger partial charge in [-0.3, -0.25) is 9.47 Å². The van der Waals surface area contributed by atoms with Crippen LogP contribution in [0.3, 0.4) is 0 Å². The van der Waals surface area contributed by atoms with E-state index in [0.717, 1.165) is 47.8 Å². The van der Waals surface area contributed by atoms with Crippen LogP contribution in [-0.2, 0) is 6.67 Å². The van der Waals surface area contributed by atoms with Crippen LogP contribution in [0.15, 0.2) is 48.5 Å². The largest absolute Gasteiger partial charge is 0.496 e. The predicted octanol–water partition coefficient (Wildman–Crippen LogP) is 6.20. The van der Waals surface area contributed by atoms with Gasteiger partial charge in [0.15, 0.2) is 5.82 Å². The SMILES string of the molecule is COc1ccccc1-c1nn(CN2CC[C@H]3CCCC[C@@H]3C2)c(=S)n1-c1ccc(Cl)cc1. The van der Waals surface area contributed by atoms with Crippen molar-refractivity contribution in [3.8, 4) is 22.8 Å². The van der Waals surface area contributed by atoms with E-state index >= 15 is 0 Å². The van der Waals surface area contributed by atoms with Crippen LogP contribution in [0.2, 0.25) is 5.02 Å². The van der Waals surface area contributed by atoms with Crippen molar-refractivity contribution < 1.29 is 4.74 Å². The fraction of sp³-hybridized carbons (Fsp3) is 0.440. The summed E-state index contributed by atoms with van der Waals surface area (Å²) in [6, 6.07) is 15.7. The third kappa shape index (κ3) is 4.24. The van der Waals surface area contributed by atoms with Gasteiger partial charge in [0, 0.05) is 18.1 Å². The third-order valence-electron chi connectivity index (χ3n) is 6.98. The smallest absolute Gasteiger partial charge is 0.204 e. The van der Waals surface area contributed by atoms with Gasteiger partial charge in [-0.15, -0.1) is 5.10 Å². The van der Waals surface area contributed by atoms with Crippen molar-refractivity contribution in [1.29, 1.82) is 0 Å². The van der Waals surface area contributed by atoms with E-state index in [1.54, 1.807) is 7.11 Å². The molecule has 0 amide bonds. The van der Waals surface area contributed by atoms with E-state index in [9.17, 15) is 0 Å². The molecule has 0 spiro atoms. The molecule has 7 heteroatoms. The van der Waals surface area contributed by atoms with Crippen molar-refractivity contribution in [3.05, 3.63) is 58.3 Å². The maximum atomic E-state index is 6.15. The first-order chi connectivity index (χ1) is 15.6. The maximum Gasteiger partial charge on any atom is 0.204 e. The number of piperidine rings is 1. The van der Waals surface area contributed by atoms with Gasteiger partial charge in [-0.05, 0) is 73.3 Å². The lowest BCUT2D eigenvalue weighted by Gasteiger charge is -2.41. The molecule has 3 aromatic rings.